The van der Waals surface area contributed by atoms with E-state index in [-0.39, 0.29) is 23.1 Å². The maximum absolute atomic E-state index is 13.4. The van der Waals surface area contributed by atoms with Crippen LogP contribution in [0.4, 0.5) is 0 Å². The first kappa shape index (κ1) is 20.7. The standard InChI is InChI=1S/C25H28N4O3/c1-3-25(10-11-26-14-25)32-19-8-9-21-20(13-19)24(31)29(15-27-21)22-12-17(5-4-16(22)2)23(30)28-18-6-7-18/h4-5,8-9,12-13,15,18,26H,3,6-7,10-11,14H2,1-2H3,(H,28,30)/t25-/m1/s1. The fraction of sp³-hybridized carbons (Fsp3) is 0.400. The van der Waals surface area contributed by atoms with E-state index >= 15 is 0 Å². The molecule has 2 aromatic carbocycles. The van der Waals surface area contributed by atoms with Gasteiger partial charge in [-0.25, -0.2) is 4.98 Å². The summed E-state index contributed by atoms with van der Waals surface area (Å²) < 4.78 is 7.86. The molecule has 2 N–H and O–H groups in total. The summed E-state index contributed by atoms with van der Waals surface area (Å²) in [5, 5.41) is 6.86. The van der Waals surface area contributed by atoms with Gasteiger partial charge in [0.15, 0.2) is 0 Å². The van der Waals surface area contributed by atoms with Gasteiger partial charge in [0.2, 0.25) is 0 Å². The minimum Gasteiger partial charge on any atom is -0.486 e. The van der Waals surface area contributed by atoms with Crippen LogP contribution in [0.15, 0.2) is 47.5 Å². The van der Waals surface area contributed by atoms with E-state index in [1.165, 1.54) is 10.9 Å². The first-order chi connectivity index (χ1) is 15.5. The van der Waals surface area contributed by atoms with Crippen molar-refractivity contribution in [1.82, 2.24) is 20.2 Å². The number of carbonyl (C=O) groups is 1. The van der Waals surface area contributed by atoms with Gasteiger partial charge in [0.05, 0.1) is 16.6 Å². The van der Waals surface area contributed by atoms with Gasteiger partial charge in [0.1, 0.15) is 17.7 Å². The van der Waals surface area contributed by atoms with Gasteiger partial charge >= 0.3 is 0 Å². The minimum absolute atomic E-state index is 0.110. The molecule has 7 nitrogen and oxygen atoms in total. The summed E-state index contributed by atoms with van der Waals surface area (Å²) in [6.07, 6.45) is 5.42. The van der Waals surface area contributed by atoms with Crippen molar-refractivity contribution in [3.63, 3.8) is 0 Å². The average Bonchev–Trinajstić information content (AvgIpc) is 3.49. The fourth-order valence-electron chi connectivity index (χ4n) is 4.27. The topological polar surface area (TPSA) is 85.2 Å². The SMILES string of the molecule is CC[C@@]1(Oc2ccc3ncn(-c4cc(C(=O)NC5CC5)ccc4C)c(=O)c3c2)CCNC1. The summed E-state index contributed by atoms with van der Waals surface area (Å²) in [5.74, 6) is 0.565. The summed E-state index contributed by atoms with van der Waals surface area (Å²) in [5.41, 5.74) is 2.29. The summed E-state index contributed by atoms with van der Waals surface area (Å²) in [6, 6.07) is 11.2. The van der Waals surface area contributed by atoms with Crippen LogP contribution in [-0.2, 0) is 0 Å². The number of aryl methyl sites for hydroxylation is 1. The first-order valence-electron chi connectivity index (χ1n) is 11.3. The maximum Gasteiger partial charge on any atom is 0.265 e. The van der Waals surface area contributed by atoms with E-state index in [0.717, 1.165) is 44.3 Å². The van der Waals surface area contributed by atoms with Crippen molar-refractivity contribution in [3.8, 4) is 11.4 Å². The molecule has 1 aliphatic heterocycles. The third-order valence-corrected chi connectivity index (χ3v) is 6.56. The van der Waals surface area contributed by atoms with Crippen molar-refractivity contribution in [2.45, 2.75) is 51.2 Å². The Labute approximate surface area is 186 Å². The number of rotatable bonds is 6. The zero-order chi connectivity index (χ0) is 22.3. The zero-order valence-corrected chi connectivity index (χ0v) is 18.5. The molecule has 1 saturated heterocycles. The van der Waals surface area contributed by atoms with E-state index in [1.54, 1.807) is 18.2 Å². The Morgan fingerprint density at radius 3 is 2.84 bits per heavy atom. The number of amides is 1. The zero-order valence-electron chi connectivity index (χ0n) is 18.5. The molecule has 7 heteroatoms. The van der Waals surface area contributed by atoms with Crippen molar-refractivity contribution in [3.05, 3.63) is 64.2 Å². The second-order valence-electron chi connectivity index (χ2n) is 8.91. The Morgan fingerprint density at radius 2 is 2.12 bits per heavy atom. The van der Waals surface area contributed by atoms with E-state index in [0.29, 0.717) is 27.9 Å². The number of ether oxygens (including phenoxy) is 1. The largest absolute Gasteiger partial charge is 0.486 e. The second kappa shape index (κ2) is 8.06. The third-order valence-electron chi connectivity index (χ3n) is 6.56. The van der Waals surface area contributed by atoms with Crippen molar-refractivity contribution in [2.75, 3.05) is 13.1 Å². The Morgan fingerprint density at radius 1 is 1.28 bits per heavy atom. The molecule has 1 saturated carbocycles. The van der Waals surface area contributed by atoms with Crippen molar-refractivity contribution >= 4 is 16.8 Å². The Bertz CT molecular complexity index is 1240. The van der Waals surface area contributed by atoms with Crippen LogP contribution in [0.1, 0.15) is 48.5 Å². The molecule has 1 aromatic heterocycles. The molecular weight excluding hydrogens is 404 g/mol. The number of nitrogens with zero attached hydrogens (tertiary/aromatic N) is 2. The van der Waals surface area contributed by atoms with Crippen LogP contribution in [-0.4, -0.2) is 40.2 Å². The molecule has 2 heterocycles. The van der Waals surface area contributed by atoms with Crippen LogP contribution in [0.5, 0.6) is 5.75 Å². The molecule has 1 amide bonds. The van der Waals surface area contributed by atoms with Crippen LogP contribution in [0.2, 0.25) is 0 Å². The van der Waals surface area contributed by atoms with Crippen LogP contribution in [0.3, 0.4) is 0 Å². The summed E-state index contributed by atoms with van der Waals surface area (Å²) in [4.78, 5) is 30.5. The van der Waals surface area contributed by atoms with E-state index in [2.05, 4.69) is 22.5 Å². The smallest absolute Gasteiger partial charge is 0.265 e. The molecule has 3 aromatic rings. The lowest BCUT2D eigenvalue weighted by Crippen LogP contribution is -2.37. The molecular formula is C25H28N4O3. The monoisotopic (exact) mass is 432 g/mol. The minimum atomic E-state index is -0.241. The molecule has 2 fully saturated rings. The number of nitrogens with one attached hydrogen (secondary N) is 2. The van der Waals surface area contributed by atoms with Gasteiger partial charge in [-0.15, -0.1) is 0 Å². The van der Waals surface area contributed by atoms with E-state index in [4.69, 9.17) is 4.74 Å². The molecule has 5 rings (SSSR count). The lowest BCUT2D eigenvalue weighted by molar-refractivity contribution is 0.0860. The van der Waals surface area contributed by atoms with Gasteiger partial charge in [0.25, 0.3) is 11.5 Å². The van der Waals surface area contributed by atoms with E-state index < -0.39 is 0 Å². The van der Waals surface area contributed by atoms with Crippen LogP contribution < -0.4 is 20.9 Å². The highest BCUT2D eigenvalue weighted by molar-refractivity contribution is 5.95. The molecule has 0 radical (unpaired) electrons. The highest BCUT2D eigenvalue weighted by atomic mass is 16.5. The van der Waals surface area contributed by atoms with Crippen LogP contribution in [0.25, 0.3) is 16.6 Å². The lowest BCUT2D eigenvalue weighted by Gasteiger charge is -2.28. The summed E-state index contributed by atoms with van der Waals surface area (Å²) in [7, 11) is 0. The fourth-order valence-corrected chi connectivity index (χ4v) is 4.27. The predicted octanol–water partition coefficient (Wildman–Crippen LogP) is 3.11. The van der Waals surface area contributed by atoms with Crippen molar-refractivity contribution < 1.29 is 9.53 Å². The van der Waals surface area contributed by atoms with Gasteiger partial charge in [-0.2, -0.15) is 0 Å². The number of hydrogen-bond donors (Lipinski definition) is 2. The van der Waals surface area contributed by atoms with Gasteiger partial charge in [-0.1, -0.05) is 13.0 Å². The molecule has 0 unspecified atom stereocenters. The molecule has 1 aliphatic carbocycles. The van der Waals surface area contributed by atoms with Crippen LogP contribution in [0, 0.1) is 6.92 Å². The number of carbonyl (C=O) groups excluding carboxylic acids is 1. The maximum atomic E-state index is 13.4. The molecule has 2 aliphatic rings. The number of aromatic nitrogens is 2. The Balaban J connectivity index is 1.53. The number of fused-ring (bicyclic) bond motifs is 1. The van der Waals surface area contributed by atoms with Crippen LogP contribution >= 0.6 is 0 Å². The lowest BCUT2D eigenvalue weighted by atomic mass is 9.99. The average molecular weight is 433 g/mol. The van der Waals surface area contributed by atoms with E-state index in [9.17, 15) is 9.59 Å². The molecule has 166 valence electrons. The third kappa shape index (κ3) is 3.88. The van der Waals surface area contributed by atoms with Gasteiger partial charge in [0, 0.05) is 24.6 Å². The Hall–Kier alpha value is -3.19. The number of benzene rings is 2. The highest BCUT2D eigenvalue weighted by Gasteiger charge is 2.34. The molecule has 0 spiro atoms. The van der Waals surface area contributed by atoms with Gasteiger partial charge in [-0.05, 0) is 68.6 Å². The van der Waals surface area contributed by atoms with Crippen molar-refractivity contribution in [1.29, 1.82) is 0 Å². The summed E-state index contributed by atoms with van der Waals surface area (Å²) in [6.45, 7) is 5.78. The highest BCUT2D eigenvalue weighted by Crippen LogP contribution is 2.28. The normalized spacial score (nSPS) is 20.4. The molecule has 0 bridgehead atoms. The molecule has 1 atom stereocenters. The predicted molar refractivity (Wildman–Crippen MR) is 124 cm³/mol. The second-order valence-corrected chi connectivity index (χ2v) is 8.91. The van der Waals surface area contributed by atoms with E-state index in [1.807, 2.05) is 25.1 Å². The van der Waals surface area contributed by atoms with Gasteiger partial charge < -0.3 is 15.4 Å². The number of hydrogen-bond acceptors (Lipinski definition) is 5. The summed E-state index contributed by atoms with van der Waals surface area (Å²) >= 11 is 0. The van der Waals surface area contributed by atoms with Gasteiger partial charge in [-0.3, -0.25) is 14.2 Å². The first-order valence-corrected chi connectivity index (χ1v) is 11.3. The Kier molecular flexibility index (Phi) is 5.21. The molecule has 32 heavy (non-hydrogen) atoms. The van der Waals surface area contributed by atoms with Crippen molar-refractivity contribution in [2.24, 2.45) is 0 Å². The quantitative estimate of drug-likeness (QED) is 0.625.